The highest BCUT2D eigenvalue weighted by Gasteiger charge is 2.65. The number of hydrogen-bond acceptors (Lipinski definition) is 10. The van der Waals surface area contributed by atoms with E-state index in [0.717, 1.165) is 48.2 Å². The summed E-state index contributed by atoms with van der Waals surface area (Å²) < 4.78 is 35.2. The van der Waals surface area contributed by atoms with Crippen molar-refractivity contribution in [3.05, 3.63) is 149 Å². The standard InChI is InChI=1S/C50H55FN4O7/c1-4-26-61-50-46(55(31-35-16-20-38(51)21-17-35)49(58)36-18-14-34(30-52)15-19-36)29-44(54-59-3)42-27-37(11-5-7-24-56)41(13-6-8-25-57)47(48(42)50)43-28-40(22-23-45(43)62-50)60-32-39-12-9-10-33(2)53-39/h4,9-10,12,14-23,27-28,37,41,46-48,56-57H,1,5-8,11,13,24-26,29,31-32H2,2-3H3. The number of carbonyl (C=O) groups excluding carboxylic acids is 1. The van der Waals surface area contributed by atoms with Crippen molar-refractivity contribution in [3.8, 4) is 17.6 Å². The number of benzene rings is 3. The van der Waals surface area contributed by atoms with E-state index in [9.17, 15) is 19.9 Å². The van der Waals surface area contributed by atoms with Crippen molar-refractivity contribution in [2.24, 2.45) is 22.9 Å². The minimum absolute atomic E-state index is 0.0133. The predicted molar refractivity (Wildman–Crippen MR) is 233 cm³/mol. The molecule has 12 heteroatoms. The van der Waals surface area contributed by atoms with E-state index in [-0.39, 0.29) is 63.1 Å². The van der Waals surface area contributed by atoms with Gasteiger partial charge in [0.1, 0.15) is 37.1 Å². The maximum absolute atomic E-state index is 15.1. The molecule has 3 aliphatic rings. The van der Waals surface area contributed by atoms with E-state index in [1.807, 2.05) is 37.3 Å². The first-order valence-corrected chi connectivity index (χ1v) is 21.5. The van der Waals surface area contributed by atoms with Gasteiger partial charge in [-0.25, -0.2) is 4.39 Å². The van der Waals surface area contributed by atoms with Crippen LogP contribution in [0.4, 0.5) is 4.39 Å². The molecule has 1 fully saturated rings. The van der Waals surface area contributed by atoms with Crippen molar-refractivity contribution in [1.82, 2.24) is 9.88 Å². The number of amides is 1. The van der Waals surface area contributed by atoms with Crippen LogP contribution >= 0.6 is 0 Å². The zero-order chi connectivity index (χ0) is 43.6. The molecule has 4 aromatic rings. The van der Waals surface area contributed by atoms with Crippen molar-refractivity contribution in [2.75, 3.05) is 26.9 Å². The Morgan fingerprint density at radius 3 is 2.50 bits per heavy atom. The van der Waals surface area contributed by atoms with E-state index >= 15 is 4.79 Å². The van der Waals surface area contributed by atoms with Crippen LogP contribution in [0.3, 0.4) is 0 Å². The normalized spacial score (nSPS) is 22.9. The second-order valence-electron chi connectivity index (χ2n) is 16.3. The number of unbranched alkanes of at least 4 members (excludes halogenated alkanes) is 2. The summed E-state index contributed by atoms with van der Waals surface area (Å²) in [7, 11) is 1.51. The van der Waals surface area contributed by atoms with Gasteiger partial charge >= 0.3 is 0 Å². The number of oxime groups is 1. The third-order valence-electron chi connectivity index (χ3n) is 12.3. The van der Waals surface area contributed by atoms with E-state index in [0.29, 0.717) is 46.7 Å². The molecule has 1 amide bonds. The Hall–Kier alpha value is -5.87. The number of halogens is 1. The second kappa shape index (κ2) is 20.3. The average molecular weight is 843 g/mol. The summed E-state index contributed by atoms with van der Waals surface area (Å²) in [5.74, 6) is -1.75. The molecule has 0 spiro atoms. The number of rotatable bonds is 19. The summed E-state index contributed by atoms with van der Waals surface area (Å²) in [5, 5.41) is 34.1. The molecule has 6 atom stereocenters. The van der Waals surface area contributed by atoms with Crippen LogP contribution in [0, 0.1) is 41.8 Å². The topological polar surface area (TPSA) is 147 Å². The number of aromatic nitrogens is 1. The minimum Gasteiger partial charge on any atom is -0.487 e. The highest BCUT2D eigenvalue weighted by molar-refractivity contribution is 6.03. The number of aryl methyl sites for hydroxylation is 1. The number of hydrogen-bond donors (Lipinski definition) is 2. The second-order valence-corrected chi connectivity index (χ2v) is 16.3. The molecule has 0 bridgehead atoms. The highest BCUT2D eigenvalue weighted by Crippen LogP contribution is 2.62. The summed E-state index contributed by atoms with van der Waals surface area (Å²) in [4.78, 5) is 27.1. The molecule has 62 heavy (non-hydrogen) atoms. The quantitative estimate of drug-likeness (QED) is 0.0539. The summed E-state index contributed by atoms with van der Waals surface area (Å²) in [6.45, 7) is 6.54. The average Bonchev–Trinajstić information content (AvgIpc) is 3.29. The maximum Gasteiger partial charge on any atom is 0.254 e. The molecular weight excluding hydrogens is 788 g/mol. The van der Waals surface area contributed by atoms with Crippen LogP contribution in [0.5, 0.6) is 11.5 Å². The fourth-order valence-corrected chi connectivity index (χ4v) is 9.65. The molecule has 11 nitrogen and oxygen atoms in total. The molecule has 2 N–H and O–H groups in total. The van der Waals surface area contributed by atoms with Crippen molar-refractivity contribution < 1.29 is 38.4 Å². The van der Waals surface area contributed by atoms with Crippen LogP contribution in [0.25, 0.3) is 0 Å². The number of allylic oxidation sites excluding steroid dienone is 1. The van der Waals surface area contributed by atoms with Gasteiger partial charge < -0.3 is 34.2 Å². The number of carbonyl (C=O) groups is 1. The third-order valence-corrected chi connectivity index (χ3v) is 12.3. The predicted octanol–water partition coefficient (Wildman–Crippen LogP) is 8.59. The van der Waals surface area contributed by atoms with Gasteiger partial charge in [-0.2, -0.15) is 5.26 Å². The Kier molecular flexibility index (Phi) is 14.5. The van der Waals surface area contributed by atoms with Gasteiger partial charge in [0.05, 0.1) is 35.6 Å². The maximum atomic E-state index is 15.1. The monoisotopic (exact) mass is 842 g/mol. The van der Waals surface area contributed by atoms with Gasteiger partial charge in [-0.05, 0) is 122 Å². The van der Waals surface area contributed by atoms with Crippen LogP contribution in [0.1, 0.15) is 89.3 Å². The molecule has 1 saturated carbocycles. The number of pyridine rings is 1. The van der Waals surface area contributed by atoms with E-state index < -0.39 is 23.6 Å². The molecule has 6 unspecified atom stereocenters. The minimum atomic E-state index is -1.51. The Labute approximate surface area is 363 Å². The van der Waals surface area contributed by atoms with Gasteiger partial charge in [0.2, 0.25) is 5.79 Å². The zero-order valence-corrected chi connectivity index (χ0v) is 35.4. The van der Waals surface area contributed by atoms with Crippen LogP contribution < -0.4 is 9.47 Å². The Balaban J connectivity index is 1.44. The molecule has 3 aromatic carbocycles. The van der Waals surface area contributed by atoms with Crippen LogP contribution in [-0.2, 0) is 22.7 Å². The van der Waals surface area contributed by atoms with Gasteiger partial charge in [0.25, 0.3) is 5.91 Å². The number of fused-ring (bicyclic) bond motifs is 2. The van der Waals surface area contributed by atoms with Gasteiger partial charge in [0, 0.05) is 48.9 Å². The van der Waals surface area contributed by atoms with Crippen LogP contribution in [0.2, 0.25) is 0 Å². The lowest BCUT2D eigenvalue weighted by atomic mass is 9.55. The molecule has 2 heterocycles. The molecule has 0 radical (unpaired) electrons. The fraction of sp³-hybridized carbons (Fsp3) is 0.400. The lowest BCUT2D eigenvalue weighted by Crippen LogP contribution is -2.70. The van der Waals surface area contributed by atoms with Crippen molar-refractivity contribution in [1.29, 1.82) is 5.26 Å². The Morgan fingerprint density at radius 1 is 1.05 bits per heavy atom. The molecule has 2 aliphatic carbocycles. The van der Waals surface area contributed by atoms with Crippen molar-refractivity contribution >= 4 is 11.6 Å². The first-order valence-electron chi connectivity index (χ1n) is 21.5. The number of nitriles is 1. The molecule has 324 valence electrons. The molecule has 0 saturated heterocycles. The number of nitrogens with zero attached hydrogens (tertiary/aromatic N) is 4. The fourth-order valence-electron chi connectivity index (χ4n) is 9.65. The number of ether oxygens (including phenoxy) is 3. The molecule has 1 aromatic heterocycles. The van der Waals surface area contributed by atoms with Gasteiger partial charge in [-0.3, -0.25) is 9.78 Å². The summed E-state index contributed by atoms with van der Waals surface area (Å²) in [5.41, 5.74) is 5.62. The van der Waals surface area contributed by atoms with E-state index in [4.69, 9.17) is 19.0 Å². The Bertz CT molecular complexity index is 2290. The van der Waals surface area contributed by atoms with Gasteiger partial charge in [0.15, 0.2) is 0 Å². The van der Waals surface area contributed by atoms with E-state index in [1.165, 1.54) is 19.2 Å². The molecule has 7 rings (SSSR count). The Morgan fingerprint density at radius 2 is 1.81 bits per heavy atom. The van der Waals surface area contributed by atoms with Gasteiger partial charge in [-0.1, -0.05) is 48.3 Å². The third kappa shape index (κ3) is 9.45. The summed E-state index contributed by atoms with van der Waals surface area (Å²) in [6.07, 6.45) is 8.58. The number of aliphatic hydroxyl groups is 2. The van der Waals surface area contributed by atoms with Gasteiger partial charge in [-0.15, -0.1) is 6.58 Å². The summed E-state index contributed by atoms with van der Waals surface area (Å²) in [6, 6.07) is 25.5. The SMILES string of the molecule is C=CCOC12Oc3ccc(OCc4cccc(C)n4)cc3C3C(CCCCO)C(CCCCO)C=C(C(=NOC)CC1N(Cc1ccc(F)cc1)C(=O)c1ccc(C#N)cc1)C32. The summed E-state index contributed by atoms with van der Waals surface area (Å²) >= 11 is 0. The van der Waals surface area contributed by atoms with Crippen molar-refractivity contribution in [3.63, 3.8) is 0 Å². The van der Waals surface area contributed by atoms with E-state index in [2.05, 4.69) is 34.9 Å². The lowest BCUT2D eigenvalue weighted by Gasteiger charge is -2.60. The van der Waals surface area contributed by atoms with E-state index in [1.54, 1.807) is 47.4 Å². The molecular formula is C50H55FN4O7. The lowest BCUT2D eigenvalue weighted by molar-refractivity contribution is -0.255. The highest BCUT2D eigenvalue weighted by atomic mass is 19.1. The largest absolute Gasteiger partial charge is 0.487 e. The van der Waals surface area contributed by atoms with Crippen molar-refractivity contribution in [2.45, 2.75) is 82.8 Å². The number of aliphatic hydroxyl groups excluding tert-OH is 2. The van der Waals surface area contributed by atoms with Crippen LogP contribution in [-0.4, -0.2) is 70.5 Å². The molecule has 1 aliphatic heterocycles. The van der Waals surface area contributed by atoms with Crippen LogP contribution in [0.15, 0.2) is 114 Å². The first kappa shape index (κ1) is 44.2. The zero-order valence-electron chi connectivity index (χ0n) is 35.4. The smallest absolute Gasteiger partial charge is 0.254 e. The first-order chi connectivity index (χ1) is 30.2.